The highest BCUT2D eigenvalue weighted by Crippen LogP contribution is 2.31. The molecule has 2 atom stereocenters. The van der Waals surface area contributed by atoms with Gasteiger partial charge in [-0.25, -0.2) is 0 Å². The Labute approximate surface area is 124 Å². The average Bonchev–Trinajstić information content (AvgIpc) is 2.85. The zero-order chi connectivity index (χ0) is 14.5. The van der Waals surface area contributed by atoms with Crippen molar-refractivity contribution in [1.29, 1.82) is 0 Å². The van der Waals surface area contributed by atoms with Gasteiger partial charge in [0.2, 0.25) is 5.91 Å². The molecule has 1 fully saturated rings. The molecule has 0 heterocycles. The summed E-state index contributed by atoms with van der Waals surface area (Å²) in [6, 6.07) is 7.15. The Morgan fingerprint density at radius 2 is 2.20 bits per heavy atom. The van der Waals surface area contributed by atoms with Gasteiger partial charge in [0, 0.05) is 12.8 Å². The second kappa shape index (κ2) is 6.71. The van der Waals surface area contributed by atoms with E-state index in [-0.39, 0.29) is 23.5 Å². The average molecular weight is 292 g/mol. The number of para-hydroxylation sites is 1. The van der Waals surface area contributed by atoms with Crippen molar-refractivity contribution in [3.8, 4) is 0 Å². The molecule has 2 unspecified atom stereocenters. The summed E-state index contributed by atoms with van der Waals surface area (Å²) in [5.41, 5.74) is 0.609. The lowest BCUT2D eigenvalue weighted by molar-refractivity contribution is -0.120. The minimum Gasteiger partial charge on any atom is -0.324 e. The largest absolute Gasteiger partial charge is 0.324 e. The molecule has 3 nitrogen and oxygen atoms in total. The van der Waals surface area contributed by atoms with E-state index in [0.29, 0.717) is 23.6 Å². The van der Waals surface area contributed by atoms with Gasteiger partial charge in [-0.2, -0.15) is 0 Å². The zero-order valence-corrected chi connectivity index (χ0v) is 12.2. The molecule has 0 bridgehead atoms. The number of rotatable bonds is 4. The molecule has 1 N–H and O–H groups in total. The number of benzene rings is 1. The van der Waals surface area contributed by atoms with E-state index in [1.807, 2.05) is 31.2 Å². The topological polar surface area (TPSA) is 46.2 Å². The number of carbonyl (C=O) groups is 2. The molecule has 0 radical (unpaired) electrons. The molecular formula is C16H18ClNO2. The summed E-state index contributed by atoms with van der Waals surface area (Å²) >= 11 is 6.05. The standard InChI is InChI=1S/C16H18ClNO2/c1-2-5-13(11-8-9-12(19)10-11)16(20)18-15-7-4-3-6-14(15)17/h2-7,11,13H,8-10H2,1H3,(H,18,20)/b5-2+. The molecule has 2 rings (SSSR count). The van der Waals surface area contributed by atoms with Crippen molar-refractivity contribution >= 4 is 29.0 Å². The molecule has 4 heteroatoms. The molecule has 0 aromatic heterocycles. The summed E-state index contributed by atoms with van der Waals surface area (Å²) in [5, 5.41) is 3.37. The van der Waals surface area contributed by atoms with E-state index in [2.05, 4.69) is 5.32 Å². The van der Waals surface area contributed by atoms with Crippen LogP contribution in [0.1, 0.15) is 26.2 Å². The van der Waals surface area contributed by atoms with Crippen LogP contribution in [-0.4, -0.2) is 11.7 Å². The second-order valence-electron chi connectivity index (χ2n) is 5.06. The third-order valence-electron chi connectivity index (χ3n) is 3.63. The molecule has 1 amide bonds. The molecule has 1 aliphatic rings. The molecule has 20 heavy (non-hydrogen) atoms. The number of anilines is 1. The maximum absolute atomic E-state index is 12.4. The van der Waals surface area contributed by atoms with Crippen LogP contribution in [0.4, 0.5) is 5.69 Å². The highest BCUT2D eigenvalue weighted by molar-refractivity contribution is 6.33. The van der Waals surface area contributed by atoms with Crippen LogP contribution in [-0.2, 0) is 9.59 Å². The Morgan fingerprint density at radius 3 is 2.80 bits per heavy atom. The predicted octanol–water partition coefficient (Wildman–Crippen LogP) is 3.84. The number of allylic oxidation sites excluding steroid dienone is 1. The van der Waals surface area contributed by atoms with E-state index >= 15 is 0 Å². The van der Waals surface area contributed by atoms with E-state index in [1.165, 1.54) is 0 Å². The fraction of sp³-hybridized carbons (Fsp3) is 0.375. The Kier molecular flexibility index (Phi) is 4.96. The van der Waals surface area contributed by atoms with Crippen LogP contribution in [0.25, 0.3) is 0 Å². The summed E-state index contributed by atoms with van der Waals surface area (Å²) in [7, 11) is 0. The van der Waals surface area contributed by atoms with Gasteiger partial charge in [-0.3, -0.25) is 9.59 Å². The van der Waals surface area contributed by atoms with Crippen LogP contribution in [0.15, 0.2) is 36.4 Å². The lowest BCUT2D eigenvalue weighted by Crippen LogP contribution is -2.27. The molecule has 0 aliphatic heterocycles. The molecule has 0 saturated heterocycles. The molecule has 106 valence electrons. The molecule has 0 spiro atoms. The quantitative estimate of drug-likeness (QED) is 0.857. The Balaban J connectivity index is 2.11. The SMILES string of the molecule is C/C=C/C(C(=O)Nc1ccccc1Cl)C1CCC(=O)C1. The zero-order valence-electron chi connectivity index (χ0n) is 11.4. The van der Waals surface area contributed by atoms with Gasteiger partial charge in [0.1, 0.15) is 5.78 Å². The first-order chi connectivity index (χ1) is 9.61. The van der Waals surface area contributed by atoms with Crippen LogP contribution in [0, 0.1) is 11.8 Å². The van der Waals surface area contributed by atoms with Crippen LogP contribution < -0.4 is 5.32 Å². The van der Waals surface area contributed by atoms with E-state index in [1.54, 1.807) is 12.1 Å². The fourth-order valence-corrected chi connectivity index (χ4v) is 2.78. The number of carbonyl (C=O) groups excluding carboxylic acids is 2. The summed E-state index contributed by atoms with van der Waals surface area (Å²) in [6.45, 7) is 1.88. The summed E-state index contributed by atoms with van der Waals surface area (Å²) in [4.78, 5) is 23.8. The minimum atomic E-state index is -0.275. The summed E-state index contributed by atoms with van der Waals surface area (Å²) < 4.78 is 0. The van der Waals surface area contributed by atoms with Gasteiger partial charge >= 0.3 is 0 Å². The third kappa shape index (κ3) is 3.48. The van der Waals surface area contributed by atoms with E-state index < -0.39 is 0 Å². The van der Waals surface area contributed by atoms with E-state index in [4.69, 9.17) is 11.6 Å². The van der Waals surface area contributed by atoms with Gasteiger partial charge in [-0.1, -0.05) is 35.9 Å². The Morgan fingerprint density at radius 1 is 1.45 bits per heavy atom. The van der Waals surface area contributed by atoms with Crippen molar-refractivity contribution in [2.75, 3.05) is 5.32 Å². The molecular weight excluding hydrogens is 274 g/mol. The minimum absolute atomic E-state index is 0.0983. The first-order valence-electron chi connectivity index (χ1n) is 6.81. The van der Waals surface area contributed by atoms with Crippen LogP contribution in [0.5, 0.6) is 0 Å². The number of hydrogen-bond acceptors (Lipinski definition) is 2. The van der Waals surface area contributed by atoms with E-state index in [0.717, 1.165) is 6.42 Å². The Hall–Kier alpha value is -1.61. The predicted molar refractivity (Wildman–Crippen MR) is 80.7 cm³/mol. The number of ketones is 1. The molecule has 1 aromatic rings. The molecule has 1 aliphatic carbocycles. The lowest BCUT2D eigenvalue weighted by Gasteiger charge is -2.19. The Bertz CT molecular complexity index is 539. The monoisotopic (exact) mass is 291 g/mol. The number of nitrogens with one attached hydrogen (secondary N) is 1. The molecule has 1 aromatic carbocycles. The van der Waals surface area contributed by atoms with E-state index in [9.17, 15) is 9.59 Å². The maximum Gasteiger partial charge on any atom is 0.231 e. The summed E-state index contributed by atoms with van der Waals surface area (Å²) in [5.74, 6) is -0.0325. The normalized spacial score (nSPS) is 20.3. The third-order valence-corrected chi connectivity index (χ3v) is 3.96. The first-order valence-corrected chi connectivity index (χ1v) is 7.19. The number of Topliss-reactive ketones (excluding diaryl/α,β-unsaturated/α-hetero) is 1. The van der Waals surface area contributed by atoms with Gasteiger partial charge in [-0.05, 0) is 31.4 Å². The molecule has 1 saturated carbocycles. The fourth-order valence-electron chi connectivity index (χ4n) is 2.59. The van der Waals surface area contributed by atoms with Crippen molar-refractivity contribution in [3.63, 3.8) is 0 Å². The van der Waals surface area contributed by atoms with Gasteiger partial charge in [-0.15, -0.1) is 0 Å². The number of hydrogen-bond donors (Lipinski definition) is 1. The van der Waals surface area contributed by atoms with Crippen molar-refractivity contribution in [3.05, 3.63) is 41.4 Å². The van der Waals surface area contributed by atoms with Crippen molar-refractivity contribution in [2.45, 2.75) is 26.2 Å². The highest BCUT2D eigenvalue weighted by atomic mass is 35.5. The van der Waals surface area contributed by atoms with Crippen LogP contribution >= 0.6 is 11.6 Å². The highest BCUT2D eigenvalue weighted by Gasteiger charge is 2.32. The van der Waals surface area contributed by atoms with Crippen LogP contribution in [0.2, 0.25) is 5.02 Å². The second-order valence-corrected chi connectivity index (χ2v) is 5.47. The lowest BCUT2D eigenvalue weighted by atomic mass is 9.89. The van der Waals surface area contributed by atoms with Gasteiger partial charge in [0.25, 0.3) is 0 Å². The number of amides is 1. The van der Waals surface area contributed by atoms with Gasteiger partial charge in [0.15, 0.2) is 0 Å². The van der Waals surface area contributed by atoms with Crippen molar-refractivity contribution < 1.29 is 9.59 Å². The van der Waals surface area contributed by atoms with Gasteiger partial charge in [0.05, 0.1) is 16.6 Å². The van der Waals surface area contributed by atoms with Crippen LogP contribution in [0.3, 0.4) is 0 Å². The van der Waals surface area contributed by atoms with Crippen molar-refractivity contribution in [1.82, 2.24) is 0 Å². The maximum atomic E-state index is 12.4. The van der Waals surface area contributed by atoms with Crippen molar-refractivity contribution in [2.24, 2.45) is 11.8 Å². The number of halogens is 1. The van der Waals surface area contributed by atoms with Gasteiger partial charge < -0.3 is 5.32 Å². The first kappa shape index (κ1) is 14.8. The smallest absolute Gasteiger partial charge is 0.231 e. The summed E-state index contributed by atoms with van der Waals surface area (Å²) in [6.07, 6.45) is 5.59.